The molecule has 0 saturated carbocycles. The second-order valence-electron chi connectivity index (χ2n) is 9.97. The predicted octanol–water partition coefficient (Wildman–Crippen LogP) is 11.2. The third kappa shape index (κ3) is 5.52. The van der Waals surface area contributed by atoms with E-state index in [-0.39, 0.29) is 0 Å². The summed E-state index contributed by atoms with van der Waals surface area (Å²) in [6.45, 7) is 18.3. The Balaban J connectivity index is 2.54. The molecule has 0 atom stereocenters. The van der Waals surface area contributed by atoms with Gasteiger partial charge < -0.3 is 0 Å². The molecule has 3 rings (SSSR count). The topological polar surface area (TPSA) is 9.86 Å². The van der Waals surface area contributed by atoms with Gasteiger partial charge in [-0.1, -0.05) is 91.8 Å². The van der Waals surface area contributed by atoms with Gasteiger partial charge in [0.1, 0.15) is 8.19 Å². The van der Waals surface area contributed by atoms with E-state index in [0.717, 1.165) is 0 Å². The van der Waals surface area contributed by atoms with E-state index in [2.05, 4.69) is 160 Å². The summed E-state index contributed by atoms with van der Waals surface area (Å²) in [7, 11) is 0. The minimum atomic E-state index is -1.96. The lowest BCUT2D eigenvalue weighted by Gasteiger charge is -2.24. The van der Waals surface area contributed by atoms with E-state index >= 15 is 0 Å². The summed E-state index contributed by atoms with van der Waals surface area (Å²) in [5.74, 6) is 1.69. The first kappa shape index (κ1) is 27.1. The molecule has 2 aromatic carbocycles. The fraction of sp³-hybridized carbons (Fsp3) is 0.444. The van der Waals surface area contributed by atoms with Gasteiger partial charge in [0.25, 0.3) is 0 Å². The highest BCUT2D eigenvalue weighted by atomic mass is 80.0. The van der Waals surface area contributed by atoms with Crippen molar-refractivity contribution < 1.29 is 0 Å². The Bertz CT molecular complexity index is 1080. The molecule has 3 aromatic rings. The molecular weight excluding hydrogens is 623 g/mol. The van der Waals surface area contributed by atoms with Crippen molar-refractivity contribution in [2.45, 2.75) is 79.1 Å². The molecule has 1 aromatic heterocycles. The number of hydrogen-bond acceptors (Lipinski definition) is 0. The van der Waals surface area contributed by atoms with E-state index in [1.807, 2.05) is 0 Å². The summed E-state index contributed by atoms with van der Waals surface area (Å²) in [5.41, 5.74) is 8.07. The third-order valence-corrected chi connectivity index (χ3v) is 9.93. The number of rotatable bonds is 6. The highest BCUT2D eigenvalue weighted by Crippen LogP contribution is 2.72. The molecule has 0 aliphatic carbocycles. The summed E-state index contributed by atoms with van der Waals surface area (Å²) in [6.07, 6.45) is 4.48. The molecular formula is C27H36Br3N2P. The Morgan fingerprint density at radius 2 is 0.818 bits per heavy atom. The van der Waals surface area contributed by atoms with Crippen LogP contribution in [0, 0.1) is 5.20 Å². The Hall–Kier alpha value is -0.480. The van der Waals surface area contributed by atoms with Gasteiger partial charge >= 0.3 is 0 Å². The Morgan fingerprint density at radius 1 is 0.545 bits per heavy atom. The monoisotopic (exact) mass is 656 g/mol. The van der Waals surface area contributed by atoms with Gasteiger partial charge in [0, 0.05) is 12.4 Å². The maximum atomic E-state index is 4.01. The normalized spacial score (nSPS) is 12.6. The molecule has 0 bridgehead atoms. The average molecular weight is 659 g/mol. The molecule has 0 unspecified atom stereocenters. The van der Waals surface area contributed by atoms with E-state index in [1.165, 1.54) is 38.8 Å². The zero-order chi connectivity index (χ0) is 24.7. The second-order valence-corrected chi connectivity index (χ2v) is 29.4. The number of imidazole rings is 1. The van der Waals surface area contributed by atoms with Crippen LogP contribution in [0.4, 0.5) is 0 Å². The van der Waals surface area contributed by atoms with Crippen LogP contribution in [-0.4, -0.2) is 9.13 Å². The van der Waals surface area contributed by atoms with Crippen molar-refractivity contribution in [3.63, 3.8) is 0 Å². The van der Waals surface area contributed by atoms with Crippen LogP contribution >= 0.6 is 49.5 Å². The van der Waals surface area contributed by atoms with Crippen LogP contribution in [0.25, 0.3) is 11.4 Å². The maximum Gasteiger partial charge on any atom is 0.148 e. The van der Waals surface area contributed by atoms with Crippen molar-refractivity contribution in [3.8, 4) is 11.4 Å². The molecule has 0 aliphatic rings. The minimum Gasteiger partial charge on any atom is -0.299 e. The zero-order valence-corrected chi connectivity index (χ0v) is 26.6. The van der Waals surface area contributed by atoms with Crippen LogP contribution in [0.2, 0.25) is 0 Å². The van der Waals surface area contributed by atoms with Crippen molar-refractivity contribution in [2.75, 3.05) is 0 Å². The van der Waals surface area contributed by atoms with Crippen molar-refractivity contribution in [1.29, 1.82) is 0 Å². The van der Waals surface area contributed by atoms with Crippen LogP contribution in [0.15, 0.2) is 48.8 Å². The molecule has 0 saturated heterocycles. The highest BCUT2D eigenvalue weighted by molar-refractivity contribution is 9.95. The molecule has 0 fully saturated rings. The Morgan fingerprint density at radius 3 is 1.03 bits per heavy atom. The molecule has 0 spiro atoms. The van der Waals surface area contributed by atoms with Gasteiger partial charge in [0.2, 0.25) is 0 Å². The van der Waals surface area contributed by atoms with Crippen LogP contribution in [0.5, 0.6) is 0 Å². The average Bonchev–Trinajstić information content (AvgIpc) is 3.17. The predicted molar refractivity (Wildman–Crippen MR) is 158 cm³/mol. The molecule has 2 nitrogen and oxygen atoms in total. The number of benzene rings is 2. The quantitative estimate of drug-likeness (QED) is 0.233. The SMILES string of the molecule is CC(C)c1cccc(C(C)C)c1-n1ccn(-c2c(C(C)C)cccc2C(C)C)c1=P(Br)(Br)Br. The smallest absolute Gasteiger partial charge is 0.148 e. The van der Waals surface area contributed by atoms with E-state index < -0.39 is 2.99 Å². The molecule has 1 heterocycles. The number of para-hydroxylation sites is 2. The van der Waals surface area contributed by atoms with Crippen LogP contribution in [0.3, 0.4) is 0 Å². The number of nitrogens with zero attached hydrogens (tertiary/aromatic N) is 2. The lowest BCUT2D eigenvalue weighted by Crippen LogP contribution is -2.10. The lowest BCUT2D eigenvalue weighted by molar-refractivity contribution is 0.784. The first-order chi connectivity index (χ1) is 15.4. The number of halogens is 3. The van der Waals surface area contributed by atoms with Gasteiger partial charge in [0.05, 0.1) is 11.4 Å². The molecule has 0 radical (unpaired) electrons. The summed E-state index contributed by atoms with van der Waals surface area (Å²) in [6, 6.07) is 13.5. The minimum absolute atomic E-state index is 0.422. The molecule has 0 aliphatic heterocycles. The molecule has 180 valence electrons. The molecule has 6 heteroatoms. The first-order valence-corrected chi connectivity index (χ1v) is 19.6. The van der Waals surface area contributed by atoms with Gasteiger partial charge in [-0.25, -0.2) is 0 Å². The number of aromatic nitrogens is 2. The van der Waals surface area contributed by atoms with E-state index in [9.17, 15) is 0 Å². The molecule has 0 amide bonds. The van der Waals surface area contributed by atoms with Crippen LogP contribution in [-0.2, 0) is 0 Å². The second kappa shape index (κ2) is 10.6. The van der Waals surface area contributed by atoms with E-state index in [0.29, 0.717) is 23.7 Å². The fourth-order valence-corrected chi connectivity index (χ4v) is 8.45. The standard InChI is InChI=1S/C27H36Br3N2P/c1-17(2)21-11-9-12-22(18(3)4)25(21)31-15-16-32(27(31)33(28,29)30)26-23(19(5)6)13-10-14-24(26)20(7)8/h9-20H,1-8H3. The third-order valence-electron chi connectivity index (χ3n) is 6.19. The van der Waals surface area contributed by atoms with Gasteiger partial charge in [-0.05, 0) is 92.4 Å². The fourth-order valence-electron chi connectivity index (χ4n) is 4.56. The maximum absolute atomic E-state index is 4.01. The largest absolute Gasteiger partial charge is 0.299 e. The summed E-state index contributed by atoms with van der Waals surface area (Å²) in [5, 5.41) is 1.19. The van der Waals surface area contributed by atoms with Crippen LogP contribution < -0.4 is 0 Å². The zero-order valence-electron chi connectivity index (χ0n) is 20.9. The Labute approximate surface area is 224 Å². The van der Waals surface area contributed by atoms with Gasteiger partial charge in [-0.15, -0.1) is 0 Å². The van der Waals surface area contributed by atoms with Crippen molar-refractivity contribution in [1.82, 2.24) is 9.13 Å². The lowest BCUT2D eigenvalue weighted by atomic mass is 9.92. The van der Waals surface area contributed by atoms with E-state index in [1.54, 1.807) is 0 Å². The first-order valence-electron chi connectivity index (χ1n) is 11.7. The van der Waals surface area contributed by atoms with Crippen molar-refractivity contribution in [2.24, 2.45) is 0 Å². The summed E-state index contributed by atoms with van der Waals surface area (Å²) < 4.78 is 2.84. The van der Waals surface area contributed by atoms with Crippen molar-refractivity contribution in [3.05, 3.63) is 76.2 Å². The van der Waals surface area contributed by atoms with Gasteiger partial charge in [-0.2, -0.15) is 0 Å². The number of hydrogen-bond donors (Lipinski definition) is 0. The summed E-state index contributed by atoms with van der Waals surface area (Å²) >= 11 is 12.0. The Kier molecular flexibility index (Phi) is 8.75. The van der Waals surface area contributed by atoms with Crippen LogP contribution in [0.1, 0.15) is 101 Å². The highest BCUT2D eigenvalue weighted by Gasteiger charge is 2.23. The van der Waals surface area contributed by atoms with Crippen molar-refractivity contribution >= 4 is 49.5 Å². The van der Waals surface area contributed by atoms with Gasteiger partial charge in [0.15, 0.2) is 0 Å². The molecule has 0 N–H and O–H groups in total. The summed E-state index contributed by atoms with van der Waals surface area (Å²) in [4.78, 5) is 0. The van der Waals surface area contributed by atoms with Gasteiger partial charge in [-0.3, -0.25) is 9.13 Å². The van der Waals surface area contributed by atoms with E-state index in [4.69, 9.17) is 0 Å². The molecule has 33 heavy (non-hydrogen) atoms.